The molecule has 88 valence electrons. The molecule has 6 heteroatoms. The number of anilines is 1. The molecule has 0 aliphatic heterocycles. The van der Waals surface area contributed by atoms with Crippen LogP contribution in [0.4, 0.5) is 10.1 Å². The molecule has 0 aliphatic carbocycles. The SMILES string of the molecule is O=C(Nc1c(Cl)cc(F)cc1Br)c1ccoc1. The van der Waals surface area contributed by atoms with Crippen molar-refractivity contribution in [1.82, 2.24) is 0 Å². The average Bonchev–Trinajstić information content (AvgIpc) is 2.76. The first-order valence-electron chi connectivity index (χ1n) is 4.56. The van der Waals surface area contributed by atoms with E-state index in [2.05, 4.69) is 21.2 Å². The largest absolute Gasteiger partial charge is 0.472 e. The number of rotatable bonds is 2. The highest BCUT2D eigenvalue weighted by atomic mass is 79.9. The molecule has 0 spiro atoms. The quantitative estimate of drug-likeness (QED) is 0.906. The van der Waals surface area contributed by atoms with E-state index in [1.165, 1.54) is 24.7 Å². The molecule has 0 bridgehead atoms. The summed E-state index contributed by atoms with van der Waals surface area (Å²) in [6, 6.07) is 3.86. The van der Waals surface area contributed by atoms with Crippen LogP contribution in [0.5, 0.6) is 0 Å². The number of nitrogens with one attached hydrogen (secondary N) is 1. The van der Waals surface area contributed by atoms with Crippen molar-refractivity contribution in [3.05, 3.63) is 51.6 Å². The fourth-order valence-electron chi connectivity index (χ4n) is 1.24. The molecule has 2 rings (SSSR count). The van der Waals surface area contributed by atoms with Gasteiger partial charge in [-0.2, -0.15) is 0 Å². The second-order valence-electron chi connectivity index (χ2n) is 3.21. The van der Waals surface area contributed by atoms with Crippen LogP contribution in [0, 0.1) is 5.82 Å². The van der Waals surface area contributed by atoms with E-state index in [4.69, 9.17) is 16.0 Å². The summed E-state index contributed by atoms with van der Waals surface area (Å²) in [5.74, 6) is -0.865. The van der Waals surface area contributed by atoms with Crippen molar-refractivity contribution < 1.29 is 13.6 Å². The second kappa shape index (κ2) is 4.89. The van der Waals surface area contributed by atoms with Gasteiger partial charge in [0.05, 0.1) is 22.5 Å². The highest BCUT2D eigenvalue weighted by Crippen LogP contribution is 2.32. The number of amides is 1. The summed E-state index contributed by atoms with van der Waals surface area (Å²) in [6.07, 6.45) is 2.69. The van der Waals surface area contributed by atoms with Crippen LogP contribution in [0.25, 0.3) is 0 Å². The molecule has 1 aromatic carbocycles. The van der Waals surface area contributed by atoms with Gasteiger partial charge >= 0.3 is 0 Å². The highest BCUT2D eigenvalue weighted by molar-refractivity contribution is 9.10. The molecule has 17 heavy (non-hydrogen) atoms. The predicted octanol–water partition coefficient (Wildman–Crippen LogP) is 4.09. The lowest BCUT2D eigenvalue weighted by Gasteiger charge is -2.08. The van der Waals surface area contributed by atoms with E-state index in [9.17, 15) is 9.18 Å². The van der Waals surface area contributed by atoms with Crippen LogP contribution in [-0.2, 0) is 0 Å². The van der Waals surface area contributed by atoms with Crippen LogP contribution in [0.1, 0.15) is 10.4 Å². The number of furan rings is 1. The number of carbonyl (C=O) groups excluding carboxylic acids is 1. The topological polar surface area (TPSA) is 42.2 Å². The Bertz CT molecular complexity index is 534. The maximum Gasteiger partial charge on any atom is 0.258 e. The third kappa shape index (κ3) is 2.68. The van der Waals surface area contributed by atoms with E-state index in [1.807, 2.05) is 0 Å². The molecule has 0 saturated heterocycles. The molecule has 0 radical (unpaired) electrons. The minimum Gasteiger partial charge on any atom is -0.472 e. The van der Waals surface area contributed by atoms with Crippen molar-refractivity contribution in [2.75, 3.05) is 5.32 Å². The van der Waals surface area contributed by atoms with Crippen molar-refractivity contribution in [3.63, 3.8) is 0 Å². The number of hydrogen-bond acceptors (Lipinski definition) is 2. The molecular formula is C11H6BrClFNO2. The Hall–Kier alpha value is -1.33. The van der Waals surface area contributed by atoms with Crippen molar-refractivity contribution in [3.8, 4) is 0 Å². The van der Waals surface area contributed by atoms with Crippen LogP contribution in [-0.4, -0.2) is 5.91 Å². The van der Waals surface area contributed by atoms with Gasteiger partial charge in [-0.05, 0) is 34.1 Å². The van der Waals surface area contributed by atoms with Crippen molar-refractivity contribution in [2.45, 2.75) is 0 Å². The molecule has 0 atom stereocenters. The molecule has 1 N–H and O–H groups in total. The van der Waals surface area contributed by atoms with Gasteiger partial charge in [0.25, 0.3) is 5.91 Å². The lowest BCUT2D eigenvalue weighted by atomic mass is 10.2. The molecule has 1 heterocycles. The van der Waals surface area contributed by atoms with E-state index in [0.717, 1.165) is 6.07 Å². The molecule has 1 aromatic heterocycles. The molecule has 0 saturated carbocycles. The Kier molecular flexibility index (Phi) is 3.49. The number of hydrogen-bond donors (Lipinski definition) is 1. The van der Waals surface area contributed by atoms with E-state index >= 15 is 0 Å². The van der Waals surface area contributed by atoms with Crippen LogP contribution in [0.2, 0.25) is 5.02 Å². The molecule has 0 unspecified atom stereocenters. The molecule has 3 nitrogen and oxygen atoms in total. The fourth-order valence-corrected chi connectivity index (χ4v) is 2.14. The third-order valence-corrected chi connectivity index (χ3v) is 2.95. The molecular weight excluding hydrogens is 312 g/mol. The van der Waals surface area contributed by atoms with Gasteiger partial charge < -0.3 is 9.73 Å². The highest BCUT2D eigenvalue weighted by Gasteiger charge is 2.13. The van der Waals surface area contributed by atoms with Gasteiger partial charge in [0.1, 0.15) is 12.1 Å². The number of carbonyl (C=O) groups is 1. The van der Waals surface area contributed by atoms with Gasteiger partial charge in [-0.25, -0.2) is 4.39 Å². The third-order valence-electron chi connectivity index (χ3n) is 2.03. The van der Waals surface area contributed by atoms with Crippen LogP contribution in [0.15, 0.2) is 39.6 Å². The standard InChI is InChI=1S/C11H6BrClFNO2/c12-8-3-7(14)4-9(13)10(8)15-11(16)6-1-2-17-5-6/h1-5H,(H,15,16). The average molecular weight is 319 g/mol. The monoisotopic (exact) mass is 317 g/mol. The summed E-state index contributed by atoms with van der Waals surface area (Å²) in [6.45, 7) is 0. The number of halogens is 3. The predicted molar refractivity (Wildman–Crippen MR) is 65.8 cm³/mol. The molecule has 2 aromatic rings. The summed E-state index contributed by atoms with van der Waals surface area (Å²) in [5, 5.41) is 2.68. The van der Waals surface area contributed by atoms with Gasteiger partial charge in [-0.3, -0.25) is 4.79 Å². The lowest BCUT2D eigenvalue weighted by molar-refractivity contribution is 0.102. The van der Waals surface area contributed by atoms with Gasteiger partial charge in [-0.15, -0.1) is 0 Å². The first kappa shape index (κ1) is 12.1. The lowest BCUT2D eigenvalue weighted by Crippen LogP contribution is -2.11. The summed E-state index contributed by atoms with van der Waals surface area (Å²) in [4.78, 5) is 11.7. The fraction of sp³-hybridized carbons (Fsp3) is 0. The summed E-state index contributed by atoms with van der Waals surface area (Å²) in [5.41, 5.74) is 0.677. The van der Waals surface area contributed by atoms with Crippen molar-refractivity contribution in [2.24, 2.45) is 0 Å². The van der Waals surface area contributed by atoms with Gasteiger partial charge in [-0.1, -0.05) is 11.6 Å². The second-order valence-corrected chi connectivity index (χ2v) is 4.47. The van der Waals surface area contributed by atoms with E-state index in [0.29, 0.717) is 15.7 Å². The summed E-state index contributed by atoms with van der Waals surface area (Å²) >= 11 is 8.96. The Balaban J connectivity index is 2.28. The summed E-state index contributed by atoms with van der Waals surface area (Å²) < 4.78 is 18.1. The maximum absolute atomic E-state index is 13.0. The van der Waals surface area contributed by atoms with Gasteiger partial charge in [0.15, 0.2) is 0 Å². The van der Waals surface area contributed by atoms with Gasteiger partial charge in [0, 0.05) is 4.47 Å². The normalized spacial score (nSPS) is 10.3. The Morgan fingerprint density at radius 1 is 1.47 bits per heavy atom. The summed E-state index contributed by atoms with van der Waals surface area (Å²) in [7, 11) is 0. The van der Waals surface area contributed by atoms with E-state index in [1.54, 1.807) is 0 Å². The number of benzene rings is 1. The molecule has 0 aliphatic rings. The first-order chi connectivity index (χ1) is 8.08. The van der Waals surface area contributed by atoms with E-state index in [-0.39, 0.29) is 10.9 Å². The van der Waals surface area contributed by atoms with Crippen LogP contribution >= 0.6 is 27.5 Å². The van der Waals surface area contributed by atoms with Gasteiger partial charge in [0.2, 0.25) is 0 Å². The van der Waals surface area contributed by atoms with Crippen molar-refractivity contribution in [1.29, 1.82) is 0 Å². The zero-order valence-corrected chi connectivity index (χ0v) is 10.7. The van der Waals surface area contributed by atoms with Crippen molar-refractivity contribution >= 4 is 39.1 Å². The zero-order chi connectivity index (χ0) is 12.4. The molecule has 1 amide bonds. The maximum atomic E-state index is 13.0. The first-order valence-corrected chi connectivity index (χ1v) is 5.73. The van der Waals surface area contributed by atoms with Crippen LogP contribution < -0.4 is 5.32 Å². The minimum absolute atomic E-state index is 0.119. The smallest absolute Gasteiger partial charge is 0.258 e. The Morgan fingerprint density at radius 2 is 2.24 bits per heavy atom. The van der Waals surface area contributed by atoms with Crippen LogP contribution in [0.3, 0.4) is 0 Å². The zero-order valence-electron chi connectivity index (χ0n) is 8.34. The Morgan fingerprint density at radius 3 is 2.82 bits per heavy atom. The minimum atomic E-state index is -0.483. The Labute approximate surface area is 110 Å². The molecule has 0 fully saturated rings. The van der Waals surface area contributed by atoms with E-state index < -0.39 is 5.82 Å².